The second-order valence-electron chi connectivity index (χ2n) is 8.85. The first-order chi connectivity index (χ1) is 15.4. The summed E-state index contributed by atoms with van der Waals surface area (Å²) in [4.78, 5) is 5.01. The van der Waals surface area contributed by atoms with Gasteiger partial charge in [-0.2, -0.15) is 0 Å². The molecule has 7 heteroatoms. The Bertz CT molecular complexity index is 1230. The lowest BCUT2D eigenvalue weighted by atomic mass is 9.91. The summed E-state index contributed by atoms with van der Waals surface area (Å²) >= 11 is 0. The van der Waals surface area contributed by atoms with Crippen molar-refractivity contribution in [3.8, 4) is 16.9 Å². The molecule has 4 rings (SSSR count). The van der Waals surface area contributed by atoms with Gasteiger partial charge in [-0.15, -0.1) is 24.8 Å². The fourth-order valence-electron chi connectivity index (χ4n) is 4.11. The van der Waals surface area contributed by atoms with Gasteiger partial charge in [0.05, 0.1) is 16.8 Å². The van der Waals surface area contributed by atoms with Crippen molar-refractivity contribution in [3.63, 3.8) is 0 Å². The largest absolute Gasteiger partial charge is 0.489 e. The Morgan fingerprint density at radius 2 is 1.68 bits per heavy atom. The summed E-state index contributed by atoms with van der Waals surface area (Å²) in [5.41, 5.74) is 14.8. The molecule has 0 aliphatic rings. The number of aromatic nitrogens is 2. The smallest absolute Gasteiger partial charge is 0.140 e. The number of halogens is 2. The fraction of sp³-hybridized carbons (Fsp3) is 0.333. The van der Waals surface area contributed by atoms with Crippen molar-refractivity contribution in [2.45, 2.75) is 54.2 Å². The van der Waals surface area contributed by atoms with Gasteiger partial charge in [-0.3, -0.25) is 4.98 Å². The van der Waals surface area contributed by atoms with Crippen LogP contribution in [0.4, 0.5) is 0 Å². The summed E-state index contributed by atoms with van der Waals surface area (Å²) in [5.74, 6) is 2.06. The molecule has 2 aromatic carbocycles. The number of ether oxygens (including phenoxy) is 1. The lowest BCUT2D eigenvalue weighted by Crippen LogP contribution is -2.10. The van der Waals surface area contributed by atoms with Gasteiger partial charge in [0.25, 0.3) is 0 Å². The predicted molar refractivity (Wildman–Crippen MR) is 143 cm³/mol. The third-order valence-electron chi connectivity index (χ3n) is 5.85. The highest BCUT2D eigenvalue weighted by molar-refractivity contribution is 5.97. The van der Waals surface area contributed by atoms with Crippen LogP contribution in [0.5, 0.6) is 5.75 Å². The van der Waals surface area contributed by atoms with Crippen molar-refractivity contribution in [1.82, 2.24) is 10.1 Å². The van der Waals surface area contributed by atoms with Gasteiger partial charge in [-0.25, -0.2) is 0 Å². The van der Waals surface area contributed by atoms with Gasteiger partial charge in [0.15, 0.2) is 0 Å². The molecule has 0 saturated carbocycles. The van der Waals surface area contributed by atoms with E-state index < -0.39 is 0 Å². The maximum atomic E-state index is 6.29. The Morgan fingerprint density at radius 3 is 2.26 bits per heavy atom. The number of benzene rings is 2. The topological polar surface area (TPSA) is 74.2 Å². The van der Waals surface area contributed by atoms with Crippen molar-refractivity contribution in [1.29, 1.82) is 0 Å². The van der Waals surface area contributed by atoms with E-state index in [0.717, 1.165) is 62.5 Å². The van der Waals surface area contributed by atoms with Crippen molar-refractivity contribution < 1.29 is 9.26 Å². The van der Waals surface area contributed by atoms with Crippen molar-refractivity contribution in [2.24, 2.45) is 11.7 Å². The van der Waals surface area contributed by atoms with E-state index in [-0.39, 0.29) is 24.8 Å². The third kappa shape index (κ3) is 5.72. The molecule has 2 N–H and O–H groups in total. The van der Waals surface area contributed by atoms with E-state index in [2.05, 4.69) is 56.3 Å². The Kier molecular flexibility index (Phi) is 9.51. The minimum Gasteiger partial charge on any atom is -0.489 e. The zero-order valence-electron chi connectivity index (χ0n) is 20.3. The molecule has 0 spiro atoms. The van der Waals surface area contributed by atoms with Crippen LogP contribution in [0.25, 0.3) is 22.0 Å². The molecule has 5 nitrogen and oxygen atoms in total. The number of nitrogens with two attached hydrogens (primary N) is 1. The van der Waals surface area contributed by atoms with E-state index in [4.69, 9.17) is 20.0 Å². The Morgan fingerprint density at radius 1 is 0.971 bits per heavy atom. The monoisotopic (exact) mass is 501 g/mol. The Labute approximate surface area is 213 Å². The molecule has 2 heterocycles. The molecule has 34 heavy (non-hydrogen) atoms. The molecule has 0 saturated heterocycles. The highest BCUT2D eigenvalue weighted by Crippen LogP contribution is 2.36. The lowest BCUT2D eigenvalue weighted by Gasteiger charge is -2.18. The summed E-state index contributed by atoms with van der Waals surface area (Å²) in [7, 11) is 0. The third-order valence-corrected chi connectivity index (χ3v) is 5.85. The van der Waals surface area contributed by atoms with Gasteiger partial charge >= 0.3 is 0 Å². The highest BCUT2D eigenvalue weighted by Gasteiger charge is 2.18. The number of hydrogen-bond acceptors (Lipinski definition) is 5. The number of aryl methyl sites for hydroxylation is 3. The van der Waals surface area contributed by atoms with Crippen LogP contribution in [-0.2, 0) is 19.6 Å². The normalized spacial score (nSPS) is 10.8. The molecule has 0 aliphatic carbocycles. The predicted octanol–water partition coefficient (Wildman–Crippen LogP) is 6.89. The van der Waals surface area contributed by atoms with Crippen molar-refractivity contribution in [2.75, 3.05) is 0 Å². The zero-order chi connectivity index (χ0) is 22.8. The van der Waals surface area contributed by atoms with Crippen LogP contribution in [0.15, 0.2) is 47.0 Å². The number of nitrogens with zero attached hydrogens (tertiary/aromatic N) is 2. The maximum absolute atomic E-state index is 6.29. The number of fused-ring (bicyclic) bond motifs is 1. The summed E-state index contributed by atoms with van der Waals surface area (Å²) in [5, 5.41) is 5.07. The van der Waals surface area contributed by atoms with Gasteiger partial charge in [-0.05, 0) is 68.0 Å². The van der Waals surface area contributed by atoms with Gasteiger partial charge < -0.3 is 15.0 Å². The molecule has 0 bridgehead atoms. The van der Waals surface area contributed by atoms with E-state index in [1.54, 1.807) is 0 Å². The fourth-order valence-corrected chi connectivity index (χ4v) is 4.11. The van der Waals surface area contributed by atoms with Crippen LogP contribution in [0, 0.1) is 26.7 Å². The van der Waals surface area contributed by atoms with Gasteiger partial charge in [-0.1, -0.05) is 48.8 Å². The molecule has 0 aliphatic heterocycles. The van der Waals surface area contributed by atoms with Gasteiger partial charge in [0, 0.05) is 17.6 Å². The quantitative estimate of drug-likeness (QED) is 0.298. The van der Waals surface area contributed by atoms with Crippen LogP contribution < -0.4 is 10.5 Å². The van der Waals surface area contributed by atoms with Gasteiger partial charge in [0.1, 0.15) is 18.1 Å². The van der Waals surface area contributed by atoms with E-state index in [0.29, 0.717) is 19.1 Å². The lowest BCUT2D eigenvalue weighted by molar-refractivity contribution is 0.302. The van der Waals surface area contributed by atoms with E-state index >= 15 is 0 Å². The summed E-state index contributed by atoms with van der Waals surface area (Å²) in [6, 6.07) is 14.7. The molecule has 4 aromatic rings. The maximum Gasteiger partial charge on any atom is 0.140 e. The number of hydrogen-bond donors (Lipinski definition) is 1. The minimum absolute atomic E-state index is 0. The molecule has 0 atom stereocenters. The first-order valence-corrected chi connectivity index (χ1v) is 11.1. The second-order valence-corrected chi connectivity index (χ2v) is 8.85. The highest BCUT2D eigenvalue weighted by atomic mass is 35.5. The Hall–Kier alpha value is -2.60. The average Bonchev–Trinajstić information content (AvgIpc) is 3.09. The average molecular weight is 502 g/mol. The Balaban J connectivity index is 0.00000204. The molecule has 0 fully saturated rings. The molecular weight excluding hydrogens is 469 g/mol. The zero-order valence-corrected chi connectivity index (χ0v) is 22.0. The molecule has 0 unspecified atom stereocenters. The van der Waals surface area contributed by atoms with Crippen molar-refractivity contribution >= 4 is 35.7 Å². The number of rotatable bonds is 7. The first-order valence-electron chi connectivity index (χ1n) is 11.1. The summed E-state index contributed by atoms with van der Waals surface area (Å²) in [6.45, 7) is 11.2. The van der Waals surface area contributed by atoms with Crippen LogP contribution in [-0.4, -0.2) is 10.1 Å². The van der Waals surface area contributed by atoms with E-state index in [1.165, 1.54) is 5.56 Å². The SMILES string of the molecule is Cc1ccc(-c2c(CN)c(CC(C)C)nc3ccc(OCc4c(C)noc4C)cc23)cc1.Cl.Cl. The summed E-state index contributed by atoms with van der Waals surface area (Å²) in [6.07, 6.45) is 0.894. The second kappa shape index (κ2) is 11.7. The summed E-state index contributed by atoms with van der Waals surface area (Å²) < 4.78 is 11.4. The standard InChI is InChI=1S/C27H31N3O2.2ClH/c1-16(2)12-26-23(14-28)27(20-8-6-17(3)7-9-20)22-13-21(10-11-25(22)29-26)31-15-24-18(4)30-32-19(24)5;;/h6-11,13,16H,12,14-15,28H2,1-5H3;2*1H. The van der Waals surface area contributed by atoms with Crippen LogP contribution in [0.1, 0.15) is 47.7 Å². The van der Waals surface area contributed by atoms with E-state index in [1.807, 2.05) is 26.0 Å². The molecule has 182 valence electrons. The molecule has 0 amide bonds. The van der Waals surface area contributed by atoms with Crippen LogP contribution in [0.3, 0.4) is 0 Å². The van der Waals surface area contributed by atoms with Crippen LogP contribution in [0.2, 0.25) is 0 Å². The minimum atomic E-state index is 0. The molecule has 2 aromatic heterocycles. The van der Waals surface area contributed by atoms with Crippen molar-refractivity contribution in [3.05, 3.63) is 76.3 Å². The molecule has 0 radical (unpaired) electrons. The van der Waals surface area contributed by atoms with Gasteiger partial charge in [0.2, 0.25) is 0 Å². The van der Waals surface area contributed by atoms with E-state index in [9.17, 15) is 0 Å². The van der Waals surface area contributed by atoms with Crippen LogP contribution >= 0.6 is 24.8 Å². The number of pyridine rings is 1. The molecular formula is C27H33Cl2N3O2. The first kappa shape index (κ1) is 27.6.